The van der Waals surface area contributed by atoms with Crippen molar-refractivity contribution in [3.63, 3.8) is 0 Å². The number of hydrogen-bond donors (Lipinski definition) is 0. The SMILES string of the molecule is CC1=CC(=O)N(CCCCn2ccnc2)C1=O. The molecule has 0 aliphatic carbocycles. The molecule has 2 heterocycles. The van der Waals surface area contributed by atoms with Crippen molar-refractivity contribution in [3.05, 3.63) is 30.4 Å². The summed E-state index contributed by atoms with van der Waals surface area (Å²) in [5.41, 5.74) is 0.532. The van der Waals surface area contributed by atoms with E-state index in [1.807, 2.05) is 10.8 Å². The first-order valence-electron chi connectivity index (χ1n) is 5.68. The number of unbranched alkanes of at least 4 members (excludes halogenated alkanes) is 1. The molecular formula is C12H15N3O2. The number of carbonyl (C=O) groups excluding carboxylic acids is 2. The van der Waals surface area contributed by atoms with E-state index in [1.54, 1.807) is 19.4 Å². The molecule has 0 saturated carbocycles. The third-order valence-electron chi connectivity index (χ3n) is 2.80. The molecule has 1 aromatic rings. The van der Waals surface area contributed by atoms with E-state index in [9.17, 15) is 9.59 Å². The van der Waals surface area contributed by atoms with Gasteiger partial charge in [0.1, 0.15) is 0 Å². The Morgan fingerprint density at radius 1 is 1.24 bits per heavy atom. The lowest BCUT2D eigenvalue weighted by molar-refractivity contribution is -0.137. The molecule has 1 aliphatic heterocycles. The van der Waals surface area contributed by atoms with E-state index in [1.165, 1.54) is 11.0 Å². The maximum absolute atomic E-state index is 11.6. The van der Waals surface area contributed by atoms with Gasteiger partial charge in [0.2, 0.25) is 0 Å². The fraction of sp³-hybridized carbons (Fsp3) is 0.417. The van der Waals surface area contributed by atoms with Crippen molar-refractivity contribution in [1.82, 2.24) is 14.5 Å². The van der Waals surface area contributed by atoms with Crippen molar-refractivity contribution in [2.75, 3.05) is 6.54 Å². The number of aryl methyl sites for hydroxylation is 1. The van der Waals surface area contributed by atoms with Crippen molar-refractivity contribution >= 4 is 11.8 Å². The molecule has 0 unspecified atom stereocenters. The Kier molecular flexibility index (Phi) is 3.37. The number of aromatic nitrogens is 2. The van der Waals surface area contributed by atoms with Crippen LogP contribution in [0.4, 0.5) is 0 Å². The molecule has 2 rings (SSSR count). The zero-order valence-electron chi connectivity index (χ0n) is 9.80. The molecule has 0 atom stereocenters. The molecule has 1 aromatic heterocycles. The van der Waals surface area contributed by atoms with Crippen LogP contribution in [-0.4, -0.2) is 32.8 Å². The Balaban J connectivity index is 1.73. The first kappa shape index (κ1) is 11.6. The van der Waals surface area contributed by atoms with Gasteiger partial charge < -0.3 is 4.57 Å². The molecule has 0 saturated heterocycles. The summed E-state index contributed by atoms with van der Waals surface area (Å²) in [6.07, 6.45) is 8.54. The first-order chi connectivity index (χ1) is 8.18. The minimum absolute atomic E-state index is 0.155. The van der Waals surface area contributed by atoms with Gasteiger partial charge in [-0.2, -0.15) is 0 Å². The predicted octanol–water partition coefficient (Wildman–Crippen LogP) is 0.978. The fourth-order valence-corrected chi connectivity index (χ4v) is 1.83. The molecule has 0 spiro atoms. The number of amides is 2. The van der Waals surface area contributed by atoms with Crippen LogP contribution in [0.25, 0.3) is 0 Å². The van der Waals surface area contributed by atoms with Crippen LogP contribution in [0.2, 0.25) is 0 Å². The second-order valence-corrected chi connectivity index (χ2v) is 4.13. The maximum Gasteiger partial charge on any atom is 0.256 e. The molecule has 0 N–H and O–H groups in total. The fourth-order valence-electron chi connectivity index (χ4n) is 1.83. The Morgan fingerprint density at radius 2 is 2.00 bits per heavy atom. The second kappa shape index (κ2) is 4.95. The zero-order chi connectivity index (χ0) is 12.3. The number of hydrogen-bond acceptors (Lipinski definition) is 3. The highest BCUT2D eigenvalue weighted by atomic mass is 16.2. The van der Waals surface area contributed by atoms with Crippen molar-refractivity contribution in [2.45, 2.75) is 26.3 Å². The van der Waals surface area contributed by atoms with E-state index >= 15 is 0 Å². The lowest BCUT2D eigenvalue weighted by Gasteiger charge is -2.13. The number of imidazole rings is 1. The molecule has 0 radical (unpaired) electrons. The lowest BCUT2D eigenvalue weighted by atomic mass is 10.3. The van der Waals surface area contributed by atoms with E-state index < -0.39 is 0 Å². The van der Waals surface area contributed by atoms with Crippen molar-refractivity contribution in [3.8, 4) is 0 Å². The summed E-state index contributed by atoms with van der Waals surface area (Å²) < 4.78 is 1.98. The van der Waals surface area contributed by atoms with Crippen LogP contribution in [0, 0.1) is 0 Å². The second-order valence-electron chi connectivity index (χ2n) is 4.13. The van der Waals surface area contributed by atoms with Crippen LogP contribution in [-0.2, 0) is 16.1 Å². The topological polar surface area (TPSA) is 55.2 Å². The van der Waals surface area contributed by atoms with Crippen LogP contribution >= 0.6 is 0 Å². The smallest absolute Gasteiger partial charge is 0.256 e. The Hall–Kier alpha value is -1.91. The van der Waals surface area contributed by atoms with Crippen LogP contribution in [0.5, 0.6) is 0 Å². The molecule has 0 aromatic carbocycles. The van der Waals surface area contributed by atoms with Crippen LogP contribution < -0.4 is 0 Å². The van der Waals surface area contributed by atoms with Crippen LogP contribution in [0.15, 0.2) is 30.4 Å². The third-order valence-corrected chi connectivity index (χ3v) is 2.80. The molecular weight excluding hydrogens is 218 g/mol. The van der Waals surface area contributed by atoms with Gasteiger partial charge in [-0.3, -0.25) is 14.5 Å². The van der Waals surface area contributed by atoms with Gasteiger partial charge in [0.05, 0.1) is 6.33 Å². The number of carbonyl (C=O) groups is 2. The molecule has 5 nitrogen and oxygen atoms in total. The van der Waals surface area contributed by atoms with Gasteiger partial charge >= 0.3 is 0 Å². The van der Waals surface area contributed by atoms with Crippen LogP contribution in [0.3, 0.4) is 0 Å². The predicted molar refractivity (Wildman–Crippen MR) is 61.9 cm³/mol. The minimum Gasteiger partial charge on any atom is -0.337 e. The zero-order valence-corrected chi connectivity index (χ0v) is 9.80. The Bertz CT molecular complexity index is 448. The van der Waals surface area contributed by atoms with E-state index in [2.05, 4.69) is 4.98 Å². The molecule has 1 aliphatic rings. The third kappa shape index (κ3) is 2.61. The highest BCUT2D eigenvalue weighted by Crippen LogP contribution is 2.12. The van der Waals surface area contributed by atoms with Gasteiger partial charge in [0.25, 0.3) is 11.8 Å². The summed E-state index contributed by atoms with van der Waals surface area (Å²) in [6.45, 7) is 3.04. The normalized spacial score (nSPS) is 15.6. The van der Waals surface area contributed by atoms with Crippen molar-refractivity contribution in [1.29, 1.82) is 0 Å². The maximum atomic E-state index is 11.6. The lowest BCUT2D eigenvalue weighted by Crippen LogP contribution is -2.31. The Morgan fingerprint density at radius 3 is 2.59 bits per heavy atom. The van der Waals surface area contributed by atoms with Gasteiger partial charge in [0, 0.05) is 37.1 Å². The quantitative estimate of drug-likeness (QED) is 0.562. The van der Waals surface area contributed by atoms with Gasteiger partial charge in [-0.25, -0.2) is 4.98 Å². The highest BCUT2D eigenvalue weighted by molar-refractivity contribution is 6.15. The first-order valence-corrected chi connectivity index (χ1v) is 5.68. The van der Waals surface area contributed by atoms with E-state index in [0.29, 0.717) is 12.1 Å². The standard InChI is InChI=1S/C12H15N3O2/c1-10-8-11(16)15(12(10)17)6-3-2-5-14-7-4-13-9-14/h4,7-9H,2-3,5-6H2,1H3. The van der Waals surface area contributed by atoms with E-state index in [0.717, 1.165) is 19.4 Å². The van der Waals surface area contributed by atoms with Gasteiger partial charge in [-0.15, -0.1) is 0 Å². The number of rotatable bonds is 5. The molecule has 0 fully saturated rings. The van der Waals surface area contributed by atoms with Crippen molar-refractivity contribution < 1.29 is 9.59 Å². The van der Waals surface area contributed by atoms with Gasteiger partial charge in [0.15, 0.2) is 0 Å². The summed E-state index contributed by atoms with van der Waals surface area (Å²) in [4.78, 5) is 28.2. The summed E-state index contributed by atoms with van der Waals surface area (Å²) in [6, 6.07) is 0. The monoisotopic (exact) mass is 233 g/mol. The minimum atomic E-state index is -0.185. The van der Waals surface area contributed by atoms with Crippen LogP contribution in [0.1, 0.15) is 19.8 Å². The molecule has 2 amide bonds. The van der Waals surface area contributed by atoms with Gasteiger partial charge in [-0.1, -0.05) is 0 Å². The Labute approximate surface area is 99.7 Å². The van der Waals surface area contributed by atoms with Gasteiger partial charge in [-0.05, 0) is 19.8 Å². The average molecular weight is 233 g/mol. The summed E-state index contributed by atoms with van der Waals surface area (Å²) >= 11 is 0. The summed E-state index contributed by atoms with van der Waals surface area (Å²) in [7, 11) is 0. The molecule has 90 valence electrons. The summed E-state index contributed by atoms with van der Waals surface area (Å²) in [5.74, 6) is -0.340. The molecule has 5 heteroatoms. The largest absolute Gasteiger partial charge is 0.337 e. The number of nitrogens with zero attached hydrogens (tertiary/aromatic N) is 3. The summed E-state index contributed by atoms with van der Waals surface area (Å²) in [5, 5.41) is 0. The van der Waals surface area contributed by atoms with Crippen molar-refractivity contribution in [2.24, 2.45) is 0 Å². The van der Waals surface area contributed by atoms with E-state index in [-0.39, 0.29) is 11.8 Å². The molecule has 17 heavy (non-hydrogen) atoms. The molecule has 0 bridgehead atoms. The highest BCUT2D eigenvalue weighted by Gasteiger charge is 2.27. The van der Waals surface area contributed by atoms with E-state index in [4.69, 9.17) is 0 Å². The number of imide groups is 1. The average Bonchev–Trinajstić information content (AvgIpc) is 2.87.